The predicted molar refractivity (Wildman–Crippen MR) is 58.0 cm³/mol. The molecule has 0 aromatic heterocycles. The first-order chi connectivity index (χ1) is 6.74. The summed E-state index contributed by atoms with van der Waals surface area (Å²) in [4.78, 5) is 0. The zero-order chi connectivity index (χ0) is 10.4. The second kappa shape index (κ2) is 5.67. The third-order valence-electron chi connectivity index (χ3n) is 1.83. The SMILES string of the molecule is Cc1cc(C#CCCCCl)ccc1F. The van der Waals surface area contributed by atoms with Gasteiger partial charge >= 0.3 is 0 Å². The highest BCUT2D eigenvalue weighted by molar-refractivity contribution is 6.17. The van der Waals surface area contributed by atoms with E-state index in [0.29, 0.717) is 11.4 Å². The highest BCUT2D eigenvalue weighted by atomic mass is 35.5. The predicted octanol–water partition coefficient (Wildman–Crippen LogP) is 3.50. The molecule has 0 radical (unpaired) electrons. The van der Waals surface area contributed by atoms with Gasteiger partial charge in [0.2, 0.25) is 0 Å². The van der Waals surface area contributed by atoms with Gasteiger partial charge in [-0.25, -0.2) is 4.39 Å². The van der Waals surface area contributed by atoms with E-state index in [0.717, 1.165) is 18.4 Å². The quantitative estimate of drug-likeness (QED) is 0.398. The smallest absolute Gasteiger partial charge is 0.126 e. The molecule has 0 aliphatic carbocycles. The van der Waals surface area contributed by atoms with Crippen LogP contribution in [0.2, 0.25) is 0 Å². The van der Waals surface area contributed by atoms with Crippen molar-refractivity contribution in [1.29, 1.82) is 0 Å². The molecule has 0 fully saturated rings. The number of halogens is 2. The summed E-state index contributed by atoms with van der Waals surface area (Å²) in [6.45, 7) is 1.74. The Bertz CT molecular complexity index is 360. The zero-order valence-corrected chi connectivity index (χ0v) is 8.87. The summed E-state index contributed by atoms with van der Waals surface area (Å²) in [6.07, 6.45) is 1.69. The average Bonchev–Trinajstić information content (AvgIpc) is 2.18. The van der Waals surface area contributed by atoms with E-state index < -0.39 is 0 Å². The average molecular weight is 211 g/mol. The first-order valence-corrected chi connectivity index (χ1v) is 5.08. The van der Waals surface area contributed by atoms with E-state index in [1.165, 1.54) is 6.07 Å². The van der Waals surface area contributed by atoms with Gasteiger partial charge < -0.3 is 0 Å². The Morgan fingerprint density at radius 1 is 1.43 bits per heavy atom. The van der Waals surface area contributed by atoms with E-state index in [2.05, 4.69) is 11.8 Å². The molecule has 0 saturated carbocycles. The van der Waals surface area contributed by atoms with Gasteiger partial charge in [0.15, 0.2) is 0 Å². The maximum Gasteiger partial charge on any atom is 0.126 e. The summed E-state index contributed by atoms with van der Waals surface area (Å²) >= 11 is 5.51. The maximum atomic E-state index is 12.9. The molecule has 0 heterocycles. The van der Waals surface area contributed by atoms with Crippen LogP contribution < -0.4 is 0 Å². The van der Waals surface area contributed by atoms with E-state index in [1.807, 2.05) is 0 Å². The fourth-order valence-corrected chi connectivity index (χ4v) is 1.18. The molecule has 0 atom stereocenters. The van der Waals surface area contributed by atoms with Crippen LogP contribution in [0.4, 0.5) is 4.39 Å². The molecule has 14 heavy (non-hydrogen) atoms. The summed E-state index contributed by atoms with van der Waals surface area (Å²) in [5.41, 5.74) is 1.49. The number of rotatable bonds is 2. The van der Waals surface area contributed by atoms with Crippen LogP contribution in [0.25, 0.3) is 0 Å². The summed E-state index contributed by atoms with van der Waals surface area (Å²) < 4.78 is 12.9. The van der Waals surface area contributed by atoms with Crippen molar-refractivity contribution in [3.8, 4) is 11.8 Å². The number of unbranched alkanes of at least 4 members (excludes halogenated alkanes) is 1. The fourth-order valence-electron chi connectivity index (χ4n) is 1.04. The van der Waals surface area contributed by atoms with Crippen molar-refractivity contribution in [3.63, 3.8) is 0 Å². The van der Waals surface area contributed by atoms with E-state index in [1.54, 1.807) is 19.1 Å². The first-order valence-electron chi connectivity index (χ1n) is 4.55. The Morgan fingerprint density at radius 3 is 2.86 bits per heavy atom. The van der Waals surface area contributed by atoms with Gasteiger partial charge in [-0.2, -0.15) is 0 Å². The van der Waals surface area contributed by atoms with Crippen molar-refractivity contribution >= 4 is 11.6 Å². The lowest BCUT2D eigenvalue weighted by atomic mass is 10.1. The molecule has 0 bridgehead atoms. The summed E-state index contributed by atoms with van der Waals surface area (Å²) in [6, 6.07) is 4.89. The van der Waals surface area contributed by atoms with Crippen LogP contribution in [0, 0.1) is 24.6 Å². The van der Waals surface area contributed by atoms with Crippen LogP contribution in [-0.2, 0) is 0 Å². The number of hydrogen-bond acceptors (Lipinski definition) is 0. The highest BCUT2D eigenvalue weighted by Crippen LogP contribution is 2.07. The molecule has 0 aliphatic heterocycles. The number of aryl methyl sites for hydroxylation is 1. The standard InChI is InChI=1S/C12H12ClF/c1-10-9-11(6-7-12(10)14)5-3-2-4-8-13/h6-7,9H,2,4,8H2,1H3. The van der Waals surface area contributed by atoms with Crippen LogP contribution >= 0.6 is 11.6 Å². The van der Waals surface area contributed by atoms with Crippen molar-refractivity contribution in [3.05, 3.63) is 35.1 Å². The topological polar surface area (TPSA) is 0 Å². The van der Waals surface area contributed by atoms with Crippen LogP contribution in [0.5, 0.6) is 0 Å². The van der Waals surface area contributed by atoms with Gasteiger partial charge in [0.05, 0.1) is 0 Å². The summed E-state index contributed by atoms with van der Waals surface area (Å²) in [5, 5.41) is 0. The molecule has 0 aliphatic rings. The molecule has 2 heteroatoms. The van der Waals surface area contributed by atoms with E-state index in [4.69, 9.17) is 11.6 Å². The lowest BCUT2D eigenvalue weighted by molar-refractivity contribution is 0.618. The van der Waals surface area contributed by atoms with Crippen LogP contribution in [0.3, 0.4) is 0 Å². The highest BCUT2D eigenvalue weighted by Gasteiger charge is 1.95. The minimum atomic E-state index is -0.184. The van der Waals surface area contributed by atoms with Crippen LogP contribution in [0.1, 0.15) is 24.0 Å². The van der Waals surface area contributed by atoms with Gasteiger partial charge in [-0.1, -0.05) is 11.8 Å². The Kier molecular flexibility index (Phi) is 4.49. The molecule has 1 aromatic carbocycles. The molecule has 0 amide bonds. The molecule has 0 unspecified atom stereocenters. The normalized spacial score (nSPS) is 9.36. The molecule has 0 N–H and O–H groups in total. The molecule has 0 nitrogen and oxygen atoms in total. The lowest BCUT2D eigenvalue weighted by Gasteiger charge is -1.95. The molecular formula is C12H12ClF. The maximum absolute atomic E-state index is 12.9. The zero-order valence-electron chi connectivity index (χ0n) is 8.11. The number of benzene rings is 1. The Balaban J connectivity index is 2.66. The largest absolute Gasteiger partial charge is 0.207 e. The minimum absolute atomic E-state index is 0.184. The monoisotopic (exact) mass is 210 g/mol. The first kappa shape index (κ1) is 11.1. The van der Waals surface area contributed by atoms with Gasteiger partial charge in [0.25, 0.3) is 0 Å². The van der Waals surface area contributed by atoms with Crippen molar-refractivity contribution in [1.82, 2.24) is 0 Å². The third-order valence-corrected chi connectivity index (χ3v) is 2.09. The van der Waals surface area contributed by atoms with Gasteiger partial charge in [-0.05, 0) is 37.1 Å². The van der Waals surface area contributed by atoms with E-state index >= 15 is 0 Å². The Hall–Kier alpha value is -1.00. The van der Waals surface area contributed by atoms with E-state index in [-0.39, 0.29) is 5.82 Å². The van der Waals surface area contributed by atoms with Crippen molar-refractivity contribution < 1.29 is 4.39 Å². The van der Waals surface area contributed by atoms with Crippen molar-refractivity contribution in [2.24, 2.45) is 0 Å². The van der Waals surface area contributed by atoms with Crippen LogP contribution in [-0.4, -0.2) is 5.88 Å². The molecular weight excluding hydrogens is 199 g/mol. The summed E-state index contributed by atoms with van der Waals surface area (Å²) in [7, 11) is 0. The van der Waals surface area contributed by atoms with Crippen LogP contribution in [0.15, 0.2) is 18.2 Å². The Labute approximate surface area is 89.1 Å². The third kappa shape index (κ3) is 3.40. The minimum Gasteiger partial charge on any atom is -0.207 e. The number of alkyl halides is 1. The van der Waals surface area contributed by atoms with Crippen molar-refractivity contribution in [2.45, 2.75) is 19.8 Å². The van der Waals surface area contributed by atoms with Gasteiger partial charge in [-0.3, -0.25) is 0 Å². The van der Waals surface area contributed by atoms with E-state index in [9.17, 15) is 4.39 Å². The summed E-state index contributed by atoms with van der Waals surface area (Å²) in [5.74, 6) is 6.42. The molecule has 0 spiro atoms. The lowest BCUT2D eigenvalue weighted by Crippen LogP contribution is -1.83. The second-order valence-electron chi connectivity index (χ2n) is 3.06. The fraction of sp³-hybridized carbons (Fsp3) is 0.333. The molecule has 1 rings (SSSR count). The number of hydrogen-bond donors (Lipinski definition) is 0. The van der Waals surface area contributed by atoms with Gasteiger partial charge in [0, 0.05) is 17.9 Å². The molecule has 74 valence electrons. The molecule has 1 aromatic rings. The second-order valence-corrected chi connectivity index (χ2v) is 3.44. The van der Waals surface area contributed by atoms with Gasteiger partial charge in [-0.15, -0.1) is 11.6 Å². The van der Waals surface area contributed by atoms with Crippen molar-refractivity contribution in [2.75, 3.05) is 5.88 Å². The Morgan fingerprint density at radius 2 is 2.21 bits per heavy atom. The van der Waals surface area contributed by atoms with Gasteiger partial charge in [0.1, 0.15) is 5.82 Å². The molecule has 0 saturated heterocycles.